The molecule has 4 heteroatoms. The van der Waals surface area contributed by atoms with E-state index in [1.807, 2.05) is 0 Å². The number of aryl methyl sites for hydroxylation is 1. The van der Waals surface area contributed by atoms with Gasteiger partial charge in [0.2, 0.25) is 0 Å². The quantitative estimate of drug-likeness (QED) is 0.787. The van der Waals surface area contributed by atoms with Gasteiger partial charge in [-0.15, -0.1) is 0 Å². The highest BCUT2D eigenvalue weighted by Gasteiger charge is 2.10. The SMILES string of the molecule is CCNCc1c(C)nn(CCN(C)C)c1C. The predicted molar refractivity (Wildman–Crippen MR) is 67.6 cm³/mol. The average Bonchev–Trinajstić information content (AvgIpc) is 2.49. The second-order valence-corrected chi connectivity index (χ2v) is 4.46. The highest BCUT2D eigenvalue weighted by molar-refractivity contribution is 5.24. The molecule has 0 atom stereocenters. The first-order valence-corrected chi connectivity index (χ1v) is 5.94. The number of nitrogens with zero attached hydrogens (tertiary/aromatic N) is 3. The number of nitrogens with one attached hydrogen (secondary N) is 1. The number of likely N-dealkylation sites (N-methyl/N-ethyl adjacent to an activating group) is 1. The fourth-order valence-corrected chi connectivity index (χ4v) is 1.75. The first kappa shape index (κ1) is 13.2. The van der Waals surface area contributed by atoms with Crippen molar-refractivity contribution in [3.8, 4) is 0 Å². The Hall–Kier alpha value is -0.870. The third-order valence-corrected chi connectivity index (χ3v) is 2.84. The van der Waals surface area contributed by atoms with Gasteiger partial charge in [0.15, 0.2) is 0 Å². The zero-order chi connectivity index (χ0) is 12.1. The first-order chi connectivity index (χ1) is 7.56. The van der Waals surface area contributed by atoms with Crippen LogP contribution in [0.3, 0.4) is 0 Å². The molecule has 0 aliphatic carbocycles. The van der Waals surface area contributed by atoms with Crippen LogP contribution < -0.4 is 5.32 Å². The number of hydrogen-bond acceptors (Lipinski definition) is 3. The molecule has 0 aliphatic rings. The summed E-state index contributed by atoms with van der Waals surface area (Å²) in [6.07, 6.45) is 0. The molecule has 0 spiro atoms. The lowest BCUT2D eigenvalue weighted by Crippen LogP contribution is -2.20. The largest absolute Gasteiger partial charge is 0.313 e. The van der Waals surface area contributed by atoms with E-state index < -0.39 is 0 Å². The Labute approximate surface area is 98.6 Å². The molecule has 4 nitrogen and oxygen atoms in total. The molecule has 0 unspecified atom stereocenters. The fraction of sp³-hybridized carbons (Fsp3) is 0.750. The van der Waals surface area contributed by atoms with Crippen LogP contribution in [-0.4, -0.2) is 41.9 Å². The highest BCUT2D eigenvalue weighted by Crippen LogP contribution is 2.12. The summed E-state index contributed by atoms with van der Waals surface area (Å²) in [5.41, 5.74) is 3.79. The Kier molecular flexibility index (Phi) is 4.96. The normalized spacial score (nSPS) is 11.4. The molecule has 0 radical (unpaired) electrons. The van der Waals surface area contributed by atoms with E-state index in [4.69, 9.17) is 0 Å². The van der Waals surface area contributed by atoms with Crippen molar-refractivity contribution in [2.75, 3.05) is 27.2 Å². The van der Waals surface area contributed by atoms with E-state index in [1.54, 1.807) is 0 Å². The van der Waals surface area contributed by atoms with E-state index in [9.17, 15) is 0 Å². The van der Waals surface area contributed by atoms with Crippen molar-refractivity contribution in [2.45, 2.75) is 33.9 Å². The number of hydrogen-bond donors (Lipinski definition) is 1. The summed E-state index contributed by atoms with van der Waals surface area (Å²) in [7, 11) is 4.18. The summed E-state index contributed by atoms with van der Waals surface area (Å²) in [5.74, 6) is 0. The predicted octanol–water partition coefficient (Wildman–Crippen LogP) is 1.17. The van der Waals surface area contributed by atoms with Crippen molar-refractivity contribution in [3.63, 3.8) is 0 Å². The Bertz CT molecular complexity index is 328. The molecule has 1 rings (SSSR count). The van der Waals surface area contributed by atoms with Gasteiger partial charge in [-0.3, -0.25) is 4.68 Å². The molecule has 0 saturated carbocycles. The molecule has 0 fully saturated rings. The minimum absolute atomic E-state index is 0.927. The summed E-state index contributed by atoms with van der Waals surface area (Å²) in [6, 6.07) is 0. The maximum absolute atomic E-state index is 4.59. The van der Waals surface area contributed by atoms with Gasteiger partial charge < -0.3 is 10.2 Å². The molecule has 1 N–H and O–H groups in total. The van der Waals surface area contributed by atoms with Gasteiger partial charge in [0.05, 0.1) is 12.2 Å². The van der Waals surface area contributed by atoms with Gasteiger partial charge in [-0.25, -0.2) is 0 Å². The van der Waals surface area contributed by atoms with Crippen LogP contribution in [0.1, 0.15) is 23.9 Å². The lowest BCUT2D eigenvalue weighted by molar-refractivity contribution is 0.370. The van der Waals surface area contributed by atoms with Crippen LogP contribution in [0.15, 0.2) is 0 Å². The van der Waals surface area contributed by atoms with Crippen LogP contribution in [0.2, 0.25) is 0 Å². The monoisotopic (exact) mass is 224 g/mol. The van der Waals surface area contributed by atoms with Gasteiger partial charge in [-0.2, -0.15) is 5.10 Å². The van der Waals surface area contributed by atoms with E-state index in [1.165, 1.54) is 11.3 Å². The molecule has 16 heavy (non-hydrogen) atoms. The average molecular weight is 224 g/mol. The molecule has 0 amide bonds. The smallest absolute Gasteiger partial charge is 0.0641 e. The fourth-order valence-electron chi connectivity index (χ4n) is 1.75. The van der Waals surface area contributed by atoms with E-state index in [2.05, 4.69) is 54.9 Å². The lowest BCUT2D eigenvalue weighted by Gasteiger charge is -2.10. The van der Waals surface area contributed by atoms with Crippen molar-refractivity contribution in [2.24, 2.45) is 0 Å². The van der Waals surface area contributed by atoms with Crippen LogP contribution in [0, 0.1) is 13.8 Å². The maximum atomic E-state index is 4.59. The Balaban J connectivity index is 2.72. The summed E-state index contributed by atoms with van der Waals surface area (Å²) in [4.78, 5) is 2.18. The van der Waals surface area contributed by atoms with Crippen molar-refractivity contribution < 1.29 is 0 Å². The van der Waals surface area contributed by atoms with Gasteiger partial charge in [0, 0.05) is 24.3 Å². The third-order valence-electron chi connectivity index (χ3n) is 2.84. The highest BCUT2D eigenvalue weighted by atomic mass is 15.3. The van der Waals surface area contributed by atoms with Crippen LogP contribution in [-0.2, 0) is 13.1 Å². The summed E-state index contributed by atoms with van der Waals surface area (Å²) >= 11 is 0. The van der Waals surface area contributed by atoms with E-state index >= 15 is 0 Å². The van der Waals surface area contributed by atoms with E-state index in [-0.39, 0.29) is 0 Å². The minimum Gasteiger partial charge on any atom is -0.313 e. The molecule has 0 bridgehead atoms. The van der Waals surface area contributed by atoms with Gasteiger partial charge in [-0.1, -0.05) is 6.92 Å². The molecule has 1 aromatic rings. The van der Waals surface area contributed by atoms with Crippen molar-refractivity contribution in [1.82, 2.24) is 20.0 Å². The van der Waals surface area contributed by atoms with Crippen LogP contribution >= 0.6 is 0 Å². The second kappa shape index (κ2) is 6.01. The van der Waals surface area contributed by atoms with Gasteiger partial charge in [0.1, 0.15) is 0 Å². The molecule has 1 heterocycles. The Morgan fingerprint density at radius 2 is 2.00 bits per heavy atom. The molecule has 0 aromatic carbocycles. The van der Waals surface area contributed by atoms with Crippen molar-refractivity contribution in [3.05, 3.63) is 17.0 Å². The van der Waals surface area contributed by atoms with Crippen LogP contribution in [0.4, 0.5) is 0 Å². The standard InChI is InChI=1S/C12H24N4/c1-6-13-9-12-10(2)14-16(11(12)3)8-7-15(4)5/h13H,6-9H2,1-5H3. The molecule has 0 aliphatic heterocycles. The molecule has 0 saturated heterocycles. The van der Waals surface area contributed by atoms with Gasteiger partial charge in [-0.05, 0) is 34.5 Å². The van der Waals surface area contributed by atoms with E-state index in [0.717, 1.165) is 31.9 Å². The molecular formula is C12H24N4. The Morgan fingerprint density at radius 1 is 1.31 bits per heavy atom. The van der Waals surface area contributed by atoms with E-state index in [0.29, 0.717) is 0 Å². The van der Waals surface area contributed by atoms with Crippen LogP contribution in [0.5, 0.6) is 0 Å². The minimum atomic E-state index is 0.927. The maximum Gasteiger partial charge on any atom is 0.0641 e. The van der Waals surface area contributed by atoms with Crippen molar-refractivity contribution >= 4 is 0 Å². The zero-order valence-electron chi connectivity index (χ0n) is 11.2. The number of aromatic nitrogens is 2. The lowest BCUT2D eigenvalue weighted by atomic mass is 10.2. The van der Waals surface area contributed by atoms with Crippen molar-refractivity contribution in [1.29, 1.82) is 0 Å². The summed E-state index contributed by atoms with van der Waals surface area (Å²) in [5, 5.41) is 7.95. The van der Waals surface area contributed by atoms with Gasteiger partial charge in [0.25, 0.3) is 0 Å². The second-order valence-electron chi connectivity index (χ2n) is 4.46. The molecular weight excluding hydrogens is 200 g/mol. The Morgan fingerprint density at radius 3 is 2.56 bits per heavy atom. The zero-order valence-corrected chi connectivity index (χ0v) is 11.2. The molecule has 1 aromatic heterocycles. The molecule has 92 valence electrons. The first-order valence-electron chi connectivity index (χ1n) is 5.94. The van der Waals surface area contributed by atoms with Crippen LogP contribution in [0.25, 0.3) is 0 Å². The number of rotatable bonds is 6. The van der Waals surface area contributed by atoms with Gasteiger partial charge >= 0.3 is 0 Å². The summed E-state index contributed by atoms with van der Waals surface area (Å²) < 4.78 is 2.11. The third kappa shape index (κ3) is 3.32. The topological polar surface area (TPSA) is 33.1 Å². The summed E-state index contributed by atoms with van der Waals surface area (Å²) in [6.45, 7) is 10.3.